The van der Waals surface area contributed by atoms with Crippen molar-refractivity contribution in [3.8, 4) is 0 Å². The minimum Gasteiger partial charge on any atom is -0.398 e. The summed E-state index contributed by atoms with van der Waals surface area (Å²) in [4.78, 5) is 15.3. The molecule has 0 unspecified atom stereocenters. The van der Waals surface area contributed by atoms with Crippen molar-refractivity contribution in [1.82, 2.24) is 0 Å². The van der Waals surface area contributed by atoms with E-state index in [0.717, 1.165) is 0 Å². The molecule has 1 amide bonds. The molecular formula is C14H11N3O. The van der Waals surface area contributed by atoms with Gasteiger partial charge in [0, 0.05) is 11.4 Å². The Morgan fingerprint density at radius 2 is 1.89 bits per heavy atom. The van der Waals surface area contributed by atoms with Crippen molar-refractivity contribution in [2.45, 2.75) is 0 Å². The molecule has 0 fully saturated rings. The third-order valence-electron chi connectivity index (χ3n) is 2.44. The average Bonchev–Trinajstić information content (AvgIpc) is 2.40. The predicted molar refractivity (Wildman–Crippen MR) is 71.5 cm³/mol. The highest BCUT2D eigenvalue weighted by Crippen LogP contribution is 2.21. The first-order valence-electron chi connectivity index (χ1n) is 5.34. The van der Waals surface area contributed by atoms with Crippen LogP contribution in [-0.4, -0.2) is 5.91 Å². The summed E-state index contributed by atoms with van der Waals surface area (Å²) in [5.74, 6) is -0.316. The number of carbonyl (C=O) groups is 1. The molecule has 0 aliphatic rings. The van der Waals surface area contributed by atoms with Crippen LogP contribution in [0.2, 0.25) is 0 Å². The van der Waals surface area contributed by atoms with E-state index in [2.05, 4.69) is 10.2 Å². The molecule has 0 saturated carbocycles. The number of nitrogens with two attached hydrogens (primary N) is 1. The first-order chi connectivity index (χ1) is 8.70. The SMILES string of the molecule is [C-]#[N+]c1ccc(N)c(C(=O)Nc2ccccc2)c1. The maximum Gasteiger partial charge on any atom is 0.256 e. The number of hydrogen-bond donors (Lipinski definition) is 2. The molecule has 0 bridgehead atoms. The highest BCUT2D eigenvalue weighted by atomic mass is 16.1. The number of anilines is 2. The van der Waals surface area contributed by atoms with Crippen molar-refractivity contribution in [3.05, 3.63) is 65.5 Å². The maximum atomic E-state index is 12.0. The normalized spacial score (nSPS) is 9.50. The summed E-state index contributed by atoms with van der Waals surface area (Å²) in [5.41, 5.74) is 7.49. The van der Waals surface area contributed by atoms with E-state index >= 15 is 0 Å². The lowest BCUT2D eigenvalue weighted by molar-refractivity contribution is 0.102. The number of hydrogen-bond acceptors (Lipinski definition) is 2. The van der Waals surface area contributed by atoms with Gasteiger partial charge in [-0.2, -0.15) is 0 Å². The molecule has 0 radical (unpaired) electrons. The highest BCUT2D eigenvalue weighted by Gasteiger charge is 2.10. The second kappa shape index (κ2) is 5.02. The third-order valence-corrected chi connectivity index (χ3v) is 2.44. The number of nitrogens with one attached hydrogen (secondary N) is 1. The summed E-state index contributed by atoms with van der Waals surface area (Å²) < 4.78 is 0. The average molecular weight is 237 g/mol. The fourth-order valence-electron chi connectivity index (χ4n) is 1.53. The molecule has 0 atom stereocenters. The van der Waals surface area contributed by atoms with Crippen molar-refractivity contribution in [1.29, 1.82) is 0 Å². The van der Waals surface area contributed by atoms with Crippen LogP contribution in [0, 0.1) is 6.57 Å². The van der Waals surface area contributed by atoms with Gasteiger partial charge in [-0.25, -0.2) is 4.85 Å². The molecule has 4 heteroatoms. The zero-order valence-corrected chi connectivity index (χ0v) is 9.55. The minimum absolute atomic E-state index is 0.312. The molecule has 0 aliphatic heterocycles. The van der Waals surface area contributed by atoms with Gasteiger partial charge in [-0.3, -0.25) is 4.79 Å². The van der Waals surface area contributed by atoms with Gasteiger partial charge in [0.1, 0.15) is 0 Å². The summed E-state index contributed by atoms with van der Waals surface area (Å²) in [5, 5.41) is 2.73. The molecule has 4 nitrogen and oxygen atoms in total. The standard InChI is InChI=1S/C14H11N3O/c1-16-11-7-8-13(15)12(9-11)14(18)17-10-5-3-2-4-6-10/h2-9H,15H2,(H,17,18). The van der Waals surface area contributed by atoms with Gasteiger partial charge >= 0.3 is 0 Å². The van der Waals surface area contributed by atoms with Crippen LogP contribution in [-0.2, 0) is 0 Å². The summed E-state index contributed by atoms with van der Waals surface area (Å²) >= 11 is 0. The summed E-state index contributed by atoms with van der Waals surface area (Å²) in [7, 11) is 0. The second-order valence-electron chi connectivity index (χ2n) is 3.70. The Labute approximate surface area is 105 Å². The lowest BCUT2D eigenvalue weighted by Crippen LogP contribution is -2.13. The number of para-hydroxylation sites is 1. The Balaban J connectivity index is 2.27. The van der Waals surface area contributed by atoms with Crippen LogP contribution in [0.4, 0.5) is 17.1 Å². The minimum atomic E-state index is -0.316. The highest BCUT2D eigenvalue weighted by molar-refractivity contribution is 6.08. The number of benzene rings is 2. The predicted octanol–water partition coefficient (Wildman–Crippen LogP) is 3.07. The van der Waals surface area contributed by atoms with Gasteiger partial charge in [-0.15, -0.1) is 0 Å². The zero-order chi connectivity index (χ0) is 13.0. The van der Waals surface area contributed by atoms with Crippen LogP contribution in [0.25, 0.3) is 4.85 Å². The van der Waals surface area contributed by atoms with Gasteiger partial charge in [0.15, 0.2) is 5.69 Å². The fraction of sp³-hybridized carbons (Fsp3) is 0. The molecular weight excluding hydrogens is 226 g/mol. The van der Waals surface area contributed by atoms with Crippen LogP contribution in [0.5, 0.6) is 0 Å². The molecule has 0 aromatic heterocycles. The van der Waals surface area contributed by atoms with Crippen molar-refractivity contribution < 1.29 is 4.79 Å². The van der Waals surface area contributed by atoms with Gasteiger partial charge in [0.2, 0.25) is 0 Å². The Morgan fingerprint density at radius 1 is 1.17 bits per heavy atom. The quantitative estimate of drug-likeness (QED) is 0.623. The molecule has 2 rings (SSSR count). The van der Waals surface area contributed by atoms with Crippen molar-refractivity contribution >= 4 is 23.0 Å². The molecule has 2 aromatic rings. The van der Waals surface area contributed by atoms with Crippen molar-refractivity contribution in [2.24, 2.45) is 0 Å². The van der Waals surface area contributed by atoms with Crippen LogP contribution >= 0.6 is 0 Å². The Bertz CT molecular complexity index is 615. The molecule has 88 valence electrons. The molecule has 18 heavy (non-hydrogen) atoms. The van der Waals surface area contributed by atoms with Crippen LogP contribution < -0.4 is 11.1 Å². The summed E-state index contributed by atoms with van der Waals surface area (Å²) in [6.07, 6.45) is 0. The van der Waals surface area contributed by atoms with Gasteiger partial charge in [0.25, 0.3) is 5.91 Å². The van der Waals surface area contributed by atoms with Gasteiger partial charge in [0.05, 0.1) is 12.1 Å². The molecule has 3 N–H and O–H groups in total. The first-order valence-corrected chi connectivity index (χ1v) is 5.34. The van der Waals surface area contributed by atoms with E-state index in [9.17, 15) is 4.79 Å². The largest absolute Gasteiger partial charge is 0.398 e. The Morgan fingerprint density at radius 3 is 2.56 bits per heavy atom. The number of carbonyl (C=O) groups excluding carboxylic acids is 1. The second-order valence-corrected chi connectivity index (χ2v) is 3.70. The first kappa shape index (κ1) is 11.7. The van der Waals surface area contributed by atoms with Crippen molar-refractivity contribution in [2.75, 3.05) is 11.1 Å². The molecule has 0 aliphatic carbocycles. The number of rotatable bonds is 2. The number of amides is 1. The van der Waals surface area contributed by atoms with E-state index in [4.69, 9.17) is 12.3 Å². The molecule has 0 heterocycles. The van der Waals surface area contributed by atoms with E-state index < -0.39 is 0 Å². The fourth-order valence-corrected chi connectivity index (χ4v) is 1.53. The van der Waals surface area contributed by atoms with Crippen LogP contribution in [0.3, 0.4) is 0 Å². The molecule has 0 spiro atoms. The lowest BCUT2D eigenvalue weighted by Gasteiger charge is -2.07. The van der Waals surface area contributed by atoms with E-state index in [1.165, 1.54) is 6.07 Å². The Hall–Kier alpha value is -2.80. The number of nitrogens with zero attached hydrogens (tertiary/aromatic N) is 1. The zero-order valence-electron chi connectivity index (χ0n) is 9.55. The van der Waals surface area contributed by atoms with Crippen molar-refractivity contribution in [3.63, 3.8) is 0 Å². The Kier molecular flexibility index (Phi) is 3.26. The van der Waals surface area contributed by atoms with E-state index in [1.807, 2.05) is 18.2 Å². The van der Waals surface area contributed by atoms with Crippen LogP contribution in [0.15, 0.2) is 48.5 Å². The molecule has 0 saturated heterocycles. The monoisotopic (exact) mass is 237 g/mol. The van der Waals surface area contributed by atoms with E-state index in [0.29, 0.717) is 22.6 Å². The smallest absolute Gasteiger partial charge is 0.256 e. The van der Waals surface area contributed by atoms with Gasteiger partial charge in [-0.1, -0.05) is 24.3 Å². The van der Waals surface area contributed by atoms with E-state index in [1.54, 1.807) is 24.3 Å². The summed E-state index contributed by atoms with van der Waals surface area (Å²) in [6, 6.07) is 13.7. The third kappa shape index (κ3) is 2.47. The molecule has 2 aromatic carbocycles. The van der Waals surface area contributed by atoms with Gasteiger partial charge < -0.3 is 11.1 Å². The maximum absolute atomic E-state index is 12.0. The lowest BCUT2D eigenvalue weighted by atomic mass is 10.1. The number of nitrogen functional groups attached to an aromatic ring is 1. The summed E-state index contributed by atoms with van der Waals surface area (Å²) in [6.45, 7) is 6.93. The van der Waals surface area contributed by atoms with Gasteiger partial charge in [-0.05, 0) is 24.3 Å². The topological polar surface area (TPSA) is 59.5 Å². The van der Waals surface area contributed by atoms with E-state index in [-0.39, 0.29) is 5.91 Å². The van der Waals surface area contributed by atoms with Crippen LogP contribution in [0.1, 0.15) is 10.4 Å².